The standard InChI is InChI=1S/C19H24N4O/c1-14-12-21(2)16-8-4-3-7-15(16)13-23(14)19(24)17-11-20-18-9-5-6-10-22(17)18/h3-4,7-8,11,14H,5-6,9-10,12-13H2,1-2H3/t14-/m0/s1. The third-order valence-electron chi connectivity index (χ3n) is 5.26. The summed E-state index contributed by atoms with van der Waals surface area (Å²) in [6.07, 6.45) is 5.05. The minimum atomic E-state index is 0.105. The summed E-state index contributed by atoms with van der Waals surface area (Å²) in [6.45, 7) is 4.54. The minimum Gasteiger partial charge on any atom is -0.372 e. The smallest absolute Gasteiger partial charge is 0.272 e. The van der Waals surface area contributed by atoms with Crippen LogP contribution >= 0.6 is 0 Å². The Balaban J connectivity index is 1.68. The molecule has 2 aliphatic heterocycles. The van der Waals surface area contributed by atoms with Crippen molar-refractivity contribution in [3.63, 3.8) is 0 Å². The fraction of sp³-hybridized carbons (Fsp3) is 0.474. The van der Waals surface area contributed by atoms with Gasteiger partial charge in [0.15, 0.2) is 0 Å². The molecule has 0 N–H and O–H groups in total. The van der Waals surface area contributed by atoms with Gasteiger partial charge in [-0.3, -0.25) is 4.79 Å². The maximum Gasteiger partial charge on any atom is 0.272 e. The SMILES string of the molecule is C[C@H]1CN(C)c2ccccc2CN1C(=O)c1cnc2n1CCCC2. The second kappa shape index (κ2) is 5.96. The molecule has 0 saturated carbocycles. The van der Waals surface area contributed by atoms with E-state index in [4.69, 9.17) is 0 Å². The number of imidazole rings is 1. The van der Waals surface area contributed by atoms with Gasteiger partial charge in [0.05, 0.1) is 6.20 Å². The van der Waals surface area contributed by atoms with Crippen molar-refractivity contribution in [3.8, 4) is 0 Å². The molecule has 2 aliphatic rings. The second-order valence-electron chi connectivity index (χ2n) is 6.96. The molecule has 1 amide bonds. The summed E-state index contributed by atoms with van der Waals surface area (Å²) in [4.78, 5) is 22.0. The number of aryl methyl sites for hydroxylation is 1. The van der Waals surface area contributed by atoms with Gasteiger partial charge in [0.2, 0.25) is 0 Å². The number of hydrogen-bond donors (Lipinski definition) is 0. The summed E-state index contributed by atoms with van der Waals surface area (Å²) in [6, 6.07) is 8.52. The van der Waals surface area contributed by atoms with Gasteiger partial charge in [0.1, 0.15) is 11.5 Å². The molecule has 4 rings (SSSR count). The molecule has 0 radical (unpaired) electrons. The van der Waals surface area contributed by atoms with E-state index in [0.29, 0.717) is 6.54 Å². The number of carbonyl (C=O) groups is 1. The summed E-state index contributed by atoms with van der Waals surface area (Å²) < 4.78 is 2.12. The van der Waals surface area contributed by atoms with Crippen molar-refractivity contribution in [2.75, 3.05) is 18.5 Å². The van der Waals surface area contributed by atoms with Gasteiger partial charge in [-0.05, 0) is 31.4 Å². The summed E-state index contributed by atoms with van der Waals surface area (Å²) in [5.41, 5.74) is 3.17. The van der Waals surface area contributed by atoms with E-state index in [1.807, 2.05) is 11.0 Å². The van der Waals surface area contributed by atoms with E-state index >= 15 is 0 Å². The Labute approximate surface area is 142 Å². The summed E-state index contributed by atoms with van der Waals surface area (Å²) in [5, 5.41) is 0. The van der Waals surface area contributed by atoms with E-state index in [0.717, 1.165) is 37.4 Å². The molecule has 126 valence electrons. The van der Waals surface area contributed by atoms with E-state index in [-0.39, 0.29) is 11.9 Å². The number of hydrogen-bond acceptors (Lipinski definition) is 3. The molecule has 1 atom stereocenters. The van der Waals surface area contributed by atoms with Crippen LogP contribution in [0, 0.1) is 0 Å². The lowest BCUT2D eigenvalue weighted by Crippen LogP contribution is -2.42. The monoisotopic (exact) mass is 324 g/mol. The molecule has 24 heavy (non-hydrogen) atoms. The Morgan fingerprint density at radius 3 is 2.96 bits per heavy atom. The van der Waals surface area contributed by atoms with Crippen molar-refractivity contribution >= 4 is 11.6 Å². The highest BCUT2D eigenvalue weighted by atomic mass is 16.2. The van der Waals surface area contributed by atoms with Gasteiger partial charge in [0, 0.05) is 44.8 Å². The Morgan fingerprint density at radius 2 is 2.08 bits per heavy atom. The van der Waals surface area contributed by atoms with E-state index in [9.17, 15) is 4.79 Å². The van der Waals surface area contributed by atoms with Crippen molar-refractivity contribution in [1.29, 1.82) is 0 Å². The van der Waals surface area contributed by atoms with Gasteiger partial charge in [0.25, 0.3) is 5.91 Å². The molecule has 0 fully saturated rings. The average Bonchev–Trinajstić information content (AvgIpc) is 2.98. The van der Waals surface area contributed by atoms with Gasteiger partial charge < -0.3 is 14.4 Å². The number of amides is 1. The molecule has 1 aromatic heterocycles. The number of benzene rings is 1. The molecule has 0 unspecified atom stereocenters. The number of anilines is 1. The summed E-state index contributed by atoms with van der Waals surface area (Å²) >= 11 is 0. The molecule has 1 aromatic carbocycles. The number of nitrogens with zero attached hydrogens (tertiary/aromatic N) is 4. The maximum atomic E-state index is 13.3. The van der Waals surface area contributed by atoms with Crippen molar-refractivity contribution in [2.24, 2.45) is 0 Å². The average molecular weight is 324 g/mol. The Kier molecular flexibility index (Phi) is 3.79. The zero-order chi connectivity index (χ0) is 16.7. The molecule has 2 aromatic rings. The molecule has 0 bridgehead atoms. The van der Waals surface area contributed by atoms with E-state index in [1.54, 1.807) is 6.20 Å². The van der Waals surface area contributed by atoms with E-state index in [1.165, 1.54) is 17.7 Å². The first-order chi connectivity index (χ1) is 11.6. The highest BCUT2D eigenvalue weighted by molar-refractivity contribution is 5.93. The lowest BCUT2D eigenvalue weighted by atomic mass is 10.1. The molecular formula is C19H24N4O. The lowest BCUT2D eigenvalue weighted by Gasteiger charge is -2.29. The first-order valence-electron chi connectivity index (χ1n) is 8.79. The summed E-state index contributed by atoms with van der Waals surface area (Å²) in [7, 11) is 2.10. The van der Waals surface area contributed by atoms with Crippen LogP contribution in [0.2, 0.25) is 0 Å². The van der Waals surface area contributed by atoms with Crippen LogP contribution in [0.4, 0.5) is 5.69 Å². The molecule has 3 heterocycles. The number of rotatable bonds is 1. The highest BCUT2D eigenvalue weighted by Crippen LogP contribution is 2.27. The largest absolute Gasteiger partial charge is 0.372 e. The predicted molar refractivity (Wildman–Crippen MR) is 94.2 cm³/mol. The zero-order valence-electron chi connectivity index (χ0n) is 14.4. The van der Waals surface area contributed by atoms with Crippen LogP contribution < -0.4 is 4.90 Å². The first-order valence-corrected chi connectivity index (χ1v) is 8.79. The zero-order valence-corrected chi connectivity index (χ0v) is 14.4. The predicted octanol–water partition coefficient (Wildman–Crippen LogP) is 2.70. The highest BCUT2D eigenvalue weighted by Gasteiger charge is 2.30. The Morgan fingerprint density at radius 1 is 1.25 bits per heavy atom. The minimum absolute atomic E-state index is 0.105. The number of para-hydroxylation sites is 1. The third-order valence-corrected chi connectivity index (χ3v) is 5.26. The van der Waals surface area contributed by atoms with Crippen molar-refractivity contribution in [2.45, 2.75) is 45.3 Å². The fourth-order valence-corrected chi connectivity index (χ4v) is 3.96. The van der Waals surface area contributed by atoms with Crippen LogP contribution in [-0.2, 0) is 19.5 Å². The Hall–Kier alpha value is -2.30. The van der Waals surface area contributed by atoms with Crippen LogP contribution in [0.3, 0.4) is 0 Å². The fourth-order valence-electron chi connectivity index (χ4n) is 3.96. The number of aromatic nitrogens is 2. The lowest BCUT2D eigenvalue weighted by molar-refractivity contribution is 0.0675. The van der Waals surface area contributed by atoms with Crippen LogP contribution in [-0.4, -0.2) is 40.0 Å². The van der Waals surface area contributed by atoms with Crippen molar-refractivity contribution in [3.05, 3.63) is 47.5 Å². The first kappa shape index (κ1) is 15.2. The second-order valence-corrected chi connectivity index (χ2v) is 6.96. The van der Waals surface area contributed by atoms with Crippen LogP contribution in [0.5, 0.6) is 0 Å². The topological polar surface area (TPSA) is 41.4 Å². The molecule has 0 saturated heterocycles. The van der Waals surface area contributed by atoms with E-state index in [2.05, 4.69) is 46.6 Å². The number of likely N-dealkylation sites (N-methyl/N-ethyl adjacent to an activating group) is 1. The van der Waals surface area contributed by atoms with Crippen LogP contribution in [0.1, 0.15) is 41.6 Å². The van der Waals surface area contributed by atoms with Gasteiger partial charge in [-0.25, -0.2) is 4.98 Å². The third kappa shape index (κ3) is 2.48. The number of carbonyl (C=O) groups excluding carboxylic acids is 1. The quantitative estimate of drug-likeness (QED) is 0.810. The summed E-state index contributed by atoms with van der Waals surface area (Å²) in [5.74, 6) is 1.16. The normalized spacial score (nSPS) is 20.3. The molecule has 5 nitrogen and oxygen atoms in total. The van der Waals surface area contributed by atoms with Crippen LogP contribution in [0.15, 0.2) is 30.5 Å². The molecule has 0 spiro atoms. The number of fused-ring (bicyclic) bond motifs is 2. The van der Waals surface area contributed by atoms with Gasteiger partial charge >= 0.3 is 0 Å². The van der Waals surface area contributed by atoms with Gasteiger partial charge in [-0.15, -0.1) is 0 Å². The van der Waals surface area contributed by atoms with Crippen molar-refractivity contribution < 1.29 is 4.79 Å². The van der Waals surface area contributed by atoms with E-state index < -0.39 is 0 Å². The maximum absolute atomic E-state index is 13.3. The van der Waals surface area contributed by atoms with Gasteiger partial charge in [-0.1, -0.05) is 18.2 Å². The molecule has 0 aliphatic carbocycles. The molecule has 5 heteroatoms. The molecular weight excluding hydrogens is 300 g/mol. The van der Waals surface area contributed by atoms with Crippen molar-refractivity contribution in [1.82, 2.24) is 14.5 Å². The van der Waals surface area contributed by atoms with Crippen LogP contribution in [0.25, 0.3) is 0 Å². The Bertz CT molecular complexity index is 766. The van der Waals surface area contributed by atoms with Gasteiger partial charge in [-0.2, -0.15) is 0 Å².